The predicted octanol–water partition coefficient (Wildman–Crippen LogP) is 12.0. The summed E-state index contributed by atoms with van der Waals surface area (Å²) in [5.41, 5.74) is 13.9. The molecule has 0 N–H and O–H groups in total. The third-order valence-corrected chi connectivity index (χ3v) is 10.6. The first-order valence-electron chi connectivity index (χ1n) is 17.9. The van der Waals surface area contributed by atoms with Gasteiger partial charge in [-0.1, -0.05) is 129 Å². The number of rotatable bonds is 5. The number of hydrogen-bond acceptors (Lipinski definition) is 5. The minimum absolute atomic E-state index is 0.138. The fourth-order valence-electron chi connectivity index (χ4n) is 7.91. The molecule has 1 aliphatic carbocycles. The van der Waals surface area contributed by atoms with Gasteiger partial charge in [0.2, 0.25) is 0 Å². The van der Waals surface area contributed by atoms with Crippen molar-refractivity contribution in [3.63, 3.8) is 0 Å². The van der Waals surface area contributed by atoms with Crippen LogP contribution in [0.25, 0.3) is 84.1 Å². The first kappa shape index (κ1) is 30.4. The van der Waals surface area contributed by atoms with Crippen LogP contribution >= 0.6 is 0 Å². The quantitative estimate of drug-likeness (QED) is 0.183. The van der Waals surface area contributed by atoms with E-state index in [1.54, 1.807) is 0 Å². The lowest BCUT2D eigenvalue weighted by molar-refractivity contribution is 0.660. The van der Waals surface area contributed by atoms with E-state index in [4.69, 9.17) is 19.4 Å². The first-order valence-corrected chi connectivity index (χ1v) is 17.9. The van der Waals surface area contributed by atoms with E-state index in [9.17, 15) is 0 Å². The van der Waals surface area contributed by atoms with Crippen LogP contribution in [0, 0.1) is 0 Å². The van der Waals surface area contributed by atoms with Crippen LogP contribution in [0.15, 0.2) is 149 Å². The van der Waals surface area contributed by atoms with Gasteiger partial charge in [0.25, 0.3) is 0 Å². The Morgan fingerprint density at radius 2 is 1.19 bits per heavy atom. The molecule has 0 fully saturated rings. The zero-order chi connectivity index (χ0) is 34.8. The van der Waals surface area contributed by atoms with Gasteiger partial charge in [0.05, 0.1) is 5.70 Å². The summed E-state index contributed by atoms with van der Waals surface area (Å²) in [6.07, 6.45) is 6.25. The van der Waals surface area contributed by atoms with Crippen LogP contribution in [0.5, 0.6) is 0 Å². The maximum Gasteiger partial charge on any atom is 0.164 e. The Morgan fingerprint density at radius 3 is 2.02 bits per heavy atom. The van der Waals surface area contributed by atoms with Gasteiger partial charge in [-0.15, -0.1) is 0 Å². The van der Waals surface area contributed by atoms with Crippen molar-refractivity contribution in [2.24, 2.45) is 4.99 Å². The molecule has 0 amide bonds. The monoisotopic (exact) mass is 670 g/mol. The van der Waals surface area contributed by atoms with E-state index in [2.05, 4.69) is 116 Å². The standard InChI is InChI=1S/C47H34N4O/c1-47(2)38-15-7-6-13-34(38)35-24-22-33(28-39(35)47)45-49-44(31-11-4-3-5-12-31)50-46(51-45)36-14-10-17-42-43(36)37-27-32(23-25-41(37)52-42)29-18-20-30(21-19-29)40-16-8-9-26-48-40/h3-7,10-28H,8-9H2,1-2H3. The summed E-state index contributed by atoms with van der Waals surface area (Å²) in [5.74, 6) is 1.88. The summed E-state index contributed by atoms with van der Waals surface area (Å²) in [4.78, 5) is 20.0. The molecular weight excluding hydrogens is 637 g/mol. The van der Waals surface area contributed by atoms with Crippen molar-refractivity contribution < 1.29 is 4.42 Å². The number of aromatic nitrogens is 3. The number of hydrogen-bond donors (Lipinski definition) is 0. The van der Waals surface area contributed by atoms with Gasteiger partial charge in [0.15, 0.2) is 17.5 Å². The van der Waals surface area contributed by atoms with E-state index >= 15 is 0 Å². The minimum Gasteiger partial charge on any atom is -0.456 e. The molecule has 248 valence electrons. The van der Waals surface area contributed by atoms with Crippen molar-refractivity contribution >= 4 is 33.9 Å². The number of allylic oxidation sites excluding steroid dienone is 1. The van der Waals surface area contributed by atoms with E-state index in [0.717, 1.165) is 73.9 Å². The van der Waals surface area contributed by atoms with Crippen LogP contribution < -0.4 is 0 Å². The van der Waals surface area contributed by atoms with Gasteiger partial charge in [-0.2, -0.15) is 0 Å². The summed E-state index contributed by atoms with van der Waals surface area (Å²) in [5, 5.41) is 2.01. The average Bonchev–Trinajstić information content (AvgIpc) is 3.70. The molecule has 8 aromatic rings. The lowest BCUT2D eigenvalue weighted by Gasteiger charge is -2.21. The number of furan rings is 1. The SMILES string of the molecule is CC1(C)c2ccccc2-c2ccc(-c3nc(-c4ccccc4)nc(-c4cccc5oc6ccc(-c7ccc(C8=CCCC=N8)cc7)cc6c45)n3)cc21. The molecule has 5 heteroatoms. The molecule has 0 saturated carbocycles. The Kier molecular flexibility index (Phi) is 6.90. The highest BCUT2D eigenvalue weighted by Crippen LogP contribution is 2.49. The van der Waals surface area contributed by atoms with Crippen LogP contribution in [0.3, 0.4) is 0 Å². The Hall–Kier alpha value is -6.46. The summed E-state index contributed by atoms with van der Waals surface area (Å²) in [6.45, 7) is 4.60. The molecule has 2 aliphatic rings. The van der Waals surface area contributed by atoms with Crippen molar-refractivity contribution in [2.45, 2.75) is 32.1 Å². The Morgan fingerprint density at radius 1 is 0.500 bits per heavy atom. The van der Waals surface area contributed by atoms with Gasteiger partial charge >= 0.3 is 0 Å². The lowest BCUT2D eigenvalue weighted by Crippen LogP contribution is -2.15. The summed E-state index contributed by atoms with van der Waals surface area (Å²) in [7, 11) is 0. The van der Waals surface area contributed by atoms with Crippen molar-refractivity contribution in [1.82, 2.24) is 15.0 Å². The van der Waals surface area contributed by atoms with E-state index in [1.165, 1.54) is 22.3 Å². The van der Waals surface area contributed by atoms with Crippen LogP contribution in [0.1, 0.15) is 43.4 Å². The summed E-state index contributed by atoms with van der Waals surface area (Å²) in [6, 6.07) is 46.7. The second kappa shape index (κ2) is 11.8. The molecule has 10 rings (SSSR count). The maximum absolute atomic E-state index is 6.44. The largest absolute Gasteiger partial charge is 0.456 e. The van der Waals surface area contributed by atoms with E-state index in [1.807, 2.05) is 48.7 Å². The maximum atomic E-state index is 6.44. The molecule has 1 aliphatic heterocycles. The average molecular weight is 671 g/mol. The van der Waals surface area contributed by atoms with Gasteiger partial charge in [-0.25, -0.2) is 15.0 Å². The zero-order valence-electron chi connectivity index (χ0n) is 29.0. The normalized spacial score (nSPS) is 14.4. The second-order valence-electron chi connectivity index (χ2n) is 14.2. The van der Waals surface area contributed by atoms with E-state index < -0.39 is 0 Å². The molecule has 0 spiro atoms. The van der Waals surface area contributed by atoms with Gasteiger partial charge in [-0.3, -0.25) is 4.99 Å². The third kappa shape index (κ3) is 4.92. The van der Waals surface area contributed by atoms with E-state index in [-0.39, 0.29) is 5.41 Å². The molecule has 0 bridgehead atoms. The molecule has 5 nitrogen and oxygen atoms in total. The van der Waals surface area contributed by atoms with Crippen LogP contribution in [0.2, 0.25) is 0 Å². The number of nitrogens with zero attached hydrogens (tertiary/aromatic N) is 4. The van der Waals surface area contributed by atoms with Crippen molar-refractivity contribution in [3.8, 4) is 56.4 Å². The Balaban J connectivity index is 1.12. The van der Waals surface area contributed by atoms with Gasteiger partial charge in [-0.05, 0) is 76.1 Å². The molecule has 6 aromatic carbocycles. The Labute approximate surface area is 302 Å². The summed E-state index contributed by atoms with van der Waals surface area (Å²) < 4.78 is 6.44. The second-order valence-corrected chi connectivity index (χ2v) is 14.2. The topological polar surface area (TPSA) is 64.2 Å². The molecule has 3 heterocycles. The molecule has 0 radical (unpaired) electrons. The molecule has 2 aromatic heterocycles. The fraction of sp³-hybridized carbons (Fsp3) is 0.106. The van der Waals surface area contributed by atoms with E-state index in [0.29, 0.717) is 17.5 Å². The fourth-order valence-corrected chi connectivity index (χ4v) is 7.91. The third-order valence-electron chi connectivity index (χ3n) is 10.6. The van der Waals surface area contributed by atoms with Crippen molar-refractivity contribution in [1.29, 1.82) is 0 Å². The van der Waals surface area contributed by atoms with Crippen LogP contribution in [-0.2, 0) is 5.41 Å². The molecular formula is C47H34N4O. The number of benzene rings is 6. The minimum atomic E-state index is -0.138. The molecule has 0 saturated heterocycles. The zero-order valence-corrected chi connectivity index (χ0v) is 29.0. The molecule has 0 unspecified atom stereocenters. The van der Waals surface area contributed by atoms with Crippen molar-refractivity contribution in [2.75, 3.05) is 0 Å². The highest BCUT2D eigenvalue weighted by Gasteiger charge is 2.35. The lowest BCUT2D eigenvalue weighted by atomic mass is 9.82. The summed E-state index contributed by atoms with van der Waals surface area (Å²) >= 11 is 0. The van der Waals surface area contributed by atoms with Gasteiger partial charge < -0.3 is 4.42 Å². The Bertz CT molecular complexity index is 2750. The van der Waals surface area contributed by atoms with Gasteiger partial charge in [0, 0.05) is 39.1 Å². The molecule has 52 heavy (non-hydrogen) atoms. The first-order chi connectivity index (χ1) is 25.5. The number of aliphatic imine (C=N–C) groups is 1. The highest BCUT2D eigenvalue weighted by molar-refractivity contribution is 6.12. The van der Waals surface area contributed by atoms with Gasteiger partial charge in [0.1, 0.15) is 11.2 Å². The highest BCUT2D eigenvalue weighted by atomic mass is 16.3. The number of fused-ring (bicyclic) bond motifs is 6. The predicted molar refractivity (Wildman–Crippen MR) is 212 cm³/mol. The van der Waals surface area contributed by atoms with Crippen LogP contribution in [0.4, 0.5) is 0 Å². The van der Waals surface area contributed by atoms with Crippen LogP contribution in [-0.4, -0.2) is 21.2 Å². The van der Waals surface area contributed by atoms with Crippen molar-refractivity contribution in [3.05, 3.63) is 156 Å². The smallest absolute Gasteiger partial charge is 0.164 e. The molecule has 0 atom stereocenters.